The molecule has 1 aromatic carbocycles. The number of pyridine rings is 1. The number of aliphatic hydroxyl groups is 1. The maximum Gasteiger partial charge on any atom is 0.394 e. The van der Waals surface area contributed by atoms with E-state index < -0.39 is 30.0 Å². The van der Waals surface area contributed by atoms with Crippen molar-refractivity contribution in [2.45, 2.75) is 25.6 Å². The average molecular weight is 513 g/mol. The third-order valence-electron chi connectivity index (χ3n) is 6.59. The highest BCUT2D eigenvalue weighted by atomic mass is 19.4. The van der Waals surface area contributed by atoms with Gasteiger partial charge in [0.05, 0.1) is 31.8 Å². The van der Waals surface area contributed by atoms with Gasteiger partial charge in [-0.3, -0.25) is 0 Å². The van der Waals surface area contributed by atoms with E-state index in [9.17, 15) is 18.0 Å². The molecule has 2 amide bonds. The first-order chi connectivity index (χ1) is 17.1. The quantitative estimate of drug-likeness (QED) is 0.576. The fourth-order valence-corrected chi connectivity index (χ4v) is 4.87. The number of alkyl halides is 3. The zero-order chi connectivity index (χ0) is 26.0. The van der Waals surface area contributed by atoms with Gasteiger partial charge in [0.1, 0.15) is 18.1 Å². The Balaban J connectivity index is 1.80. The highest BCUT2D eigenvalue weighted by Gasteiger charge is 2.52. The van der Waals surface area contributed by atoms with Crippen LogP contribution in [-0.4, -0.2) is 73.3 Å². The molecule has 36 heavy (non-hydrogen) atoms. The molecule has 12 heteroatoms. The van der Waals surface area contributed by atoms with E-state index in [0.29, 0.717) is 54.6 Å². The van der Waals surface area contributed by atoms with Crippen LogP contribution in [0.1, 0.15) is 23.6 Å². The molecule has 8 nitrogen and oxygen atoms in total. The minimum atomic E-state index is -4.64. The number of primary amides is 1. The maximum atomic E-state index is 15.1. The lowest BCUT2D eigenvalue weighted by molar-refractivity contribution is -0.179. The number of ether oxygens (including phenoxy) is 2. The summed E-state index contributed by atoms with van der Waals surface area (Å²) >= 11 is 0. The molecular formula is C24H28F4N4O4. The van der Waals surface area contributed by atoms with Crippen molar-refractivity contribution in [2.75, 3.05) is 51.0 Å². The number of urea groups is 1. The van der Waals surface area contributed by atoms with Crippen LogP contribution in [0.4, 0.5) is 28.0 Å². The lowest BCUT2D eigenvalue weighted by Crippen LogP contribution is -2.39. The summed E-state index contributed by atoms with van der Waals surface area (Å²) in [5.41, 5.74) is 7.24. The van der Waals surface area contributed by atoms with E-state index in [0.717, 1.165) is 4.90 Å². The molecule has 0 bridgehead atoms. The fraction of sp³-hybridized carbons (Fsp3) is 0.500. The van der Waals surface area contributed by atoms with E-state index in [1.54, 1.807) is 13.0 Å². The largest absolute Gasteiger partial charge is 0.474 e. The van der Waals surface area contributed by atoms with E-state index in [4.69, 9.17) is 20.3 Å². The van der Waals surface area contributed by atoms with Crippen molar-refractivity contribution in [3.63, 3.8) is 0 Å². The Labute approximate surface area is 205 Å². The fourth-order valence-electron chi connectivity index (χ4n) is 4.87. The Morgan fingerprint density at radius 1 is 1.25 bits per heavy atom. The van der Waals surface area contributed by atoms with Gasteiger partial charge in [-0.15, -0.1) is 0 Å². The normalized spacial score (nSPS) is 20.6. The Morgan fingerprint density at radius 3 is 2.61 bits per heavy atom. The second-order valence-electron chi connectivity index (χ2n) is 8.82. The van der Waals surface area contributed by atoms with Crippen molar-refractivity contribution in [1.82, 2.24) is 9.88 Å². The molecule has 0 spiro atoms. The van der Waals surface area contributed by atoms with Crippen molar-refractivity contribution < 1.29 is 36.9 Å². The van der Waals surface area contributed by atoms with E-state index in [1.807, 2.05) is 4.90 Å². The van der Waals surface area contributed by atoms with Gasteiger partial charge in [0, 0.05) is 37.0 Å². The third kappa shape index (κ3) is 5.19. The molecular weight excluding hydrogens is 484 g/mol. The van der Waals surface area contributed by atoms with Crippen molar-refractivity contribution >= 4 is 11.7 Å². The monoisotopic (exact) mass is 512 g/mol. The van der Waals surface area contributed by atoms with Crippen LogP contribution in [0.5, 0.6) is 5.88 Å². The molecule has 0 radical (unpaired) electrons. The predicted octanol–water partition coefficient (Wildman–Crippen LogP) is 3.41. The zero-order valence-corrected chi connectivity index (χ0v) is 19.7. The molecule has 0 aliphatic carbocycles. The Bertz CT molecular complexity index is 1110. The van der Waals surface area contributed by atoms with Crippen molar-refractivity contribution in [3.8, 4) is 17.0 Å². The number of rotatable bonds is 6. The molecule has 3 heterocycles. The number of hydrogen-bond donors (Lipinski definition) is 2. The molecule has 2 aromatic rings. The van der Waals surface area contributed by atoms with Gasteiger partial charge < -0.3 is 30.1 Å². The number of amides is 2. The number of aromatic nitrogens is 1. The molecule has 4 rings (SSSR count). The average Bonchev–Trinajstić information content (AvgIpc) is 3.29. The van der Waals surface area contributed by atoms with Gasteiger partial charge in [0.25, 0.3) is 0 Å². The minimum Gasteiger partial charge on any atom is -0.474 e. The molecule has 2 aliphatic heterocycles. The number of nitrogens with two attached hydrogens (primary N) is 1. The summed E-state index contributed by atoms with van der Waals surface area (Å²) in [6, 6.07) is 1.69. The molecule has 2 unspecified atom stereocenters. The number of halogens is 4. The summed E-state index contributed by atoms with van der Waals surface area (Å²) < 4.78 is 67.6. The van der Waals surface area contributed by atoms with Crippen molar-refractivity contribution in [3.05, 3.63) is 41.3 Å². The highest BCUT2D eigenvalue weighted by Crippen LogP contribution is 2.48. The summed E-state index contributed by atoms with van der Waals surface area (Å²) in [5.74, 6) is -2.48. The Morgan fingerprint density at radius 2 is 1.97 bits per heavy atom. The summed E-state index contributed by atoms with van der Waals surface area (Å²) in [7, 11) is 0. The molecule has 2 saturated heterocycles. The van der Waals surface area contributed by atoms with Crippen LogP contribution in [-0.2, 0) is 4.74 Å². The highest BCUT2D eigenvalue weighted by molar-refractivity contribution is 5.75. The lowest BCUT2D eigenvalue weighted by Gasteiger charge is -2.30. The smallest absolute Gasteiger partial charge is 0.394 e. The molecule has 196 valence electrons. The molecule has 2 aliphatic rings. The van der Waals surface area contributed by atoms with Crippen LogP contribution >= 0.6 is 0 Å². The second kappa shape index (κ2) is 10.5. The van der Waals surface area contributed by atoms with Crippen LogP contribution in [0.2, 0.25) is 0 Å². The van der Waals surface area contributed by atoms with Crippen LogP contribution in [0.3, 0.4) is 0 Å². The first kappa shape index (κ1) is 26.0. The number of aliphatic hydroxyl groups excluding tert-OH is 1. The van der Waals surface area contributed by atoms with Gasteiger partial charge in [-0.25, -0.2) is 14.2 Å². The molecule has 2 atom stereocenters. The van der Waals surface area contributed by atoms with Gasteiger partial charge in [0.15, 0.2) is 0 Å². The summed E-state index contributed by atoms with van der Waals surface area (Å²) in [6.45, 7) is 3.38. The second-order valence-corrected chi connectivity index (χ2v) is 8.82. The first-order valence-corrected chi connectivity index (χ1v) is 11.6. The topological polar surface area (TPSA) is 101 Å². The summed E-state index contributed by atoms with van der Waals surface area (Å²) in [6.07, 6.45) is -3.51. The number of hydrogen-bond acceptors (Lipinski definition) is 6. The third-order valence-corrected chi connectivity index (χ3v) is 6.59. The van der Waals surface area contributed by atoms with Crippen molar-refractivity contribution in [2.24, 2.45) is 11.7 Å². The van der Waals surface area contributed by atoms with Crippen LogP contribution < -0.4 is 15.4 Å². The van der Waals surface area contributed by atoms with Crippen LogP contribution in [0.15, 0.2) is 24.4 Å². The van der Waals surface area contributed by atoms with Gasteiger partial charge in [0.2, 0.25) is 5.88 Å². The Kier molecular flexibility index (Phi) is 7.55. The van der Waals surface area contributed by atoms with Crippen molar-refractivity contribution in [1.29, 1.82) is 0 Å². The van der Waals surface area contributed by atoms with E-state index in [1.165, 1.54) is 18.3 Å². The molecule has 3 N–H and O–H groups in total. The number of aryl methyl sites for hydroxylation is 1. The first-order valence-electron chi connectivity index (χ1n) is 11.6. The van der Waals surface area contributed by atoms with E-state index >= 15 is 4.39 Å². The predicted molar refractivity (Wildman–Crippen MR) is 123 cm³/mol. The molecule has 1 aromatic heterocycles. The number of nitrogens with zero attached hydrogens (tertiary/aromatic N) is 3. The molecule has 0 saturated carbocycles. The van der Waals surface area contributed by atoms with Crippen LogP contribution in [0, 0.1) is 18.7 Å². The van der Waals surface area contributed by atoms with Gasteiger partial charge >= 0.3 is 12.2 Å². The number of likely N-dealkylation sites (tertiary alicyclic amines) is 1. The van der Waals surface area contributed by atoms with Gasteiger partial charge in [-0.2, -0.15) is 13.2 Å². The number of anilines is 1. The molecule has 2 fully saturated rings. The Hall–Kier alpha value is -3.12. The standard InChI is InChI=1S/C24H28F4N4O4/c1-14-10-19(25)17(21-18(24(26,27)28)2-3-32(21)23(29)34)12-16(14)15-11-20(31-4-7-35-8-5-31)22(30-13-15)36-9-6-33/h10-13,18,21,33H,2-9H2,1H3,(H2,29,34). The number of morpholine rings is 1. The number of carbonyl (C=O) groups is 1. The number of benzene rings is 1. The van der Waals surface area contributed by atoms with Crippen LogP contribution in [0.25, 0.3) is 11.1 Å². The van der Waals surface area contributed by atoms with E-state index in [-0.39, 0.29) is 31.7 Å². The van der Waals surface area contributed by atoms with Gasteiger partial charge in [-0.05, 0) is 42.7 Å². The van der Waals surface area contributed by atoms with E-state index in [2.05, 4.69) is 4.98 Å². The zero-order valence-electron chi connectivity index (χ0n) is 19.7. The lowest BCUT2D eigenvalue weighted by atomic mass is 9.89. The SMILES string of the molecule is Cc1cc(F)c(C2C(C(F)(F)F)CCN2C(N)=O)cc1-c1cnc(OCCO)c(N2CCOCC2)c1. The summed E-state index contributed by atoms with van der Waals surface area (Å²) in [5, 5.41) is 9.16. The minimum absolute atomic E-state index is 0.0346. The van der Waals surface area contributed by atoms with Gasteiger partial charge in [-0.1, -0.05) is 0 Å². The number of carbonyl (C=O) groups excluding carboxylic acids is 1. The maximum absolute atomic E-state index is 15.1. The summed E-state index contributed by atoms with van der Waals surface area (Å²) in [4.78, 5) is 19.2.